The Hall–Kier alpha value is -1.36. The van der Waals surface area contributed by atoms with Gasteiger partial charge in [0, 0.05) is 13.0 Å². The molecule has 0 atom stereocenters. The number of rotatable bonds is 2. The second kappa shape index (κ2) is 4.23. The number of amidine groups is 1. The fraction of sp³-hybridized carbons (Fsp3) is 0.556. The van der Waals surface area contributed by atoms with Crippen molar-refractivity contribution < 1.29 is 4.42 Å². The SMILES string of the molecule is Cc1nc(C)c(C(=NC(C)C)NN)o1. The van der Waals surface area contributed by atoms with Crippen molar-refractivity contribution in [3.63, 3.8) is 0 Å². The number of hydrogen-bond donors (Lipinski definition) is 2. The smallest absolute Gasteiger partial charge is 0.193 e. The van der Waals surface area contributed by atoms with Gasteiger partial charge >= 0.3 is 0 Å². The Morgan fingerprint density at radius 2 is 2.14 bits per heavy atom. The topological polar surface area (TPSA) is 76.4 Å². The van der Waals surface area contributed by atoms with Crippen molar-refractivity contribution in [1.29, 1.82) is 0 Å². The maximum atomic E-state index is 5.38. The number of oxazole rings is 1. The van der Waals surface area contributed by atoms with E-state index in [4.69, 9.17) is 10.3 Å². The average Bonchev–Trinajstić information content (AvgIpc) is 2.41. The highest BCUT2D eigenvalue weighted by Crippen LogP contribution is 2.09. The van der Waals surface area contributed by atoms with Crippen LogP contribution in [-0.4, -0.2) is 16.9 Å². The molecule has 0 aromatic carbocycles. The molecule has 3 N–H and O–H groups in total. The summed E-state index contributed by atoms with van der Waals surface area (Å²) < 4.78 is 5.38. The van der Waals surface area contributed by atoms with Crippen molar-refractivity contribution in [3.8, 4) is 0 Å². The highest BCUT2D eigenvalue weighted by atomic mass is 16.4. The van der Waals surface area contributed by atoms with E-state index in [9.17, 15) is 0 Å². The zero-order chi connectivity index (χ0) is 10.7. The molecular weight excluding hydrogens is 180 g/mol. The fourth-order valence-corrected chi connectivity index (χ4v) is 1.17. The van der Waals surface area contributed by atoms with Crippen molar-refractivity contribution in [2.45, 2.75) is 33.7 Å². The number of nitrogens with zero attached hydrogens (tertiary/aromatic N) is 2. The maximum absolute atomic E-state index is 5.38. The summed E-state index contributed by atoms with van der Waals surface area (Å²) in [6.07, 6.45) is 0. The molecule has 0 bridgehead atoms. The molecule has 0 spiro atoms. The summed E-state index contributed by atoms with van der Waals surface area (Å²) in [6.45, 7) is 7.59. The molecule has 0 aliphatic rings. The number of hydrazine groups is 1. The molecule has 5 nitrogen and oxygen atoms in total. The average molecular weight is 196 g/mol. The molecule has 5 heteroatoms. The number of nitrogens with one attached hydrogen (secondary N) is 1. The van der Waals surface area contributed by atoms with Gasteiger partial charge in [-0.25, -0.2) is 10.8 Å². The molecule has 0 aliphatic carbocycles. The van der Waals surface area contributed by atoms with Gasteiger partial charge in [0.05, 0.1) is 5.69 Å². The number of aryl methyl sites for hydroxylation is 2. The van der Waals surface area contributed by atoms with Crippen LogP contribution < -0.4 is 11.3 Å². The van der Waals surface area contributed by atoms with Gasteiger partial charge in [0.2, 0.25) is 0 Å². The first-order valence-corrected chi connectivity index (χ1v) is 4.53. The van der Waals surface area contributed by atoms with Gasteiger partial charge in [-0.05, 0) is 20.8 Å². The predicted octanol–water partition coefficient (Wildman–Crippen LogP) is 0.910. The van der Waals surface area contributed by atoms with E-state index in [1.165, 1.54) is 0 Å². The molecule has 0 aliphatic heterocycles. The van der Waals surface area contributed by atoms with Crippen LogP contribution in [0.1, 0.15) is 31.2 Å². The highest BCUT2D eigenvalue weighted by Gasteiger charge is 2.12. The number of hydrogen-bond acceptors (Lipinski definition) is 4. The van der Waals surface area contributed by atoms with E-state index in [1.807, 2.05) is 20.8 Å². The Labute approximate surface area is 83.4 Å². The number of aromatic nitrogens is 1. The number of nitrogens with two attached hydrogens (primary N) is 1. The molecule has 0 saturated heterocycles. The van der Waals surface area contributed by atoms with Crippen LogP contribution >= 0.6 is 0 Å². The van der Waals surface area contributed by atoms with Crippen LogP contribution in [0.5, 0.6) is 0 Å². The Morgan fingerprint density at radius 1 is 1.50 bits per heavy atom. The second-order valence-corrected chi connectivity index (χ2v) is 3.36. The summed E-state index contributed by atoms with van der Waals surface area (Å²) in [4.78, 5) is 8.43. The Bertz CT molecular complexity index is 341. The summed E-state index contributed by atoms with van der Waals surface area (Å²) in [5, 5.41) is 0. The van der Waals surface area contributed by atoms with E-state index in [1.54, 1.807) is 6.92 Å². The summed E-state index contributed by atoms with van der Waals surface area (Å²) in [6, 6.07) is 0.158. The van der Waals surface area contributed by atoms with E-state index in [2.05, 4.69) is 15.4 Å². The molecule has 0 fully saturated rings. The van der Waals surface area contributed by atoms with Crippen LogP contribution in [0.2, 0.25) is 0 Å². The van der Waals surface area contributed by atoms with Gasteiger partial charge in [-0.1, -0.05) is 0 Å². The molecule has 1 aromatic rings. The maximum Gasteiger partial charge on any atom is 0.193 e. The molecule has 0 amide bonds. The van der Waals surface area contributed by atoms with Crippen molar-refractivity contribution in [2.75, 3.05) is 0 Å². The zero-order valence-corrected chi connectivity index (χ0v) is 8.96. The molecule has 0 radical (unpaired) electrons. The summed E-state index contributed by atoms with van der Waals surface area (Å²) >= 11 is 0. The van der Waals surface area contributed by atoms with Gasteiger partial charge in [-0.2, -0.15) is 0 Å². The summed E-state index contributed by atoms with van der Waals surface area (Å²) in [5.74, 6) is 7.13. The van der Waals surface area contributed by atoms with Gasteiger partial charge < -0.3 is 9.84 Å². The predicted molar refractivity (Wildman–Crippen MR) is 55.0 cm³/mol. The van der Waals surface area contributed by atoms with Crippen LogP contribution in [0.25, 0.3) is 0 Å². The van der Waals surface area contributed by atoms with Crippen LogP contribution in [0.4, 0.5) is 0 Å². The lowest BCUT2D eigenvalue weighted by atomic mass is 10.3. The van der Waals surface area contributed by atoms with Crippen LogP contribution in [0.3, 0.4) is 0 Å². The quantitative estimate of drug-likeness (QED) is 0.319. The molecule has 1 aromatic heterocycles. The van der Waals surface area contributed by atoms with Gasteiger partial charge in [0.25, 0.3) is 0 Å². The standard InChI is InChI=1S/C9H16N4O/c1-5(2)11-9(13-10)8-6(3)12-7(4)14-8/h5H,10H2,1-4H3,(H,11,13). The monoisotopic (exact) mass is 196 g/mol. The minimum absolute atomic E-state index is 0.158. The van der Waals surface area contributed by atoms with E-state index in [0.29, 0.717) is 17.5 Å². The van der Waals surface area contributed by atoms with Crippen molar-refractivity contribution in [3.05, 3.63) is 17.3 Å². The number of aliphatic imine (C=N–C) groups is 1. The van der Waals surface area contributed by atoms with Crippen molar-refractivity contribution in [2.24, 2.45) is 10.8 Å². The Balaban J connectivity index is 3.06. The van der Waals surface area contributed by atoms with E-state index in [-0.39, 0.29) is 6.04 Å². The first-order valence-electron chi connectivity index (χ1n) is 4.53. The molecular formula is C9H16N4O. The third-order valence-corrected chi connectivity index (χ3v) is 1.64. The van der Waals surface area contributed by atoms with Crippen LogP contribution in [0, 0.1) is 13.8 Å². The lowest BCUT2D eigenvalue weighted by Gasteiger charge is -2.04. The van der Waals surface area contributed by atoms with Crippen molar-refractivity contribution >= 4 is 5.84 Å². The van der Waals surface area contributed by atoms with E-state index < -0.39 is 0 Å². The largest absolute Gasteiger partial charge is 0.437 e. The highest BCUT2D eigenvalue weighted by molar-refractivity contribution is 5.96. The van der Waals surface area contributed by atoms with Gasteiger partial charge in [0.1, 0.15) is 0 Å². The normalized spacial score (nSPS) is 12.3. The first kappa shape index (κ1) is 10.7. The molecule has 1 rings (SSSR count). The lowest BCUT2D eigenvalue weighted by molar-refractivity contribution is 0.509. The summed E-state index contributed by atoms with van der Waals surface area (Å²) in [7, 11) is 0. The molecule has 1 heterocycles. The lowest BCUT2D eigenvalue weighted by Crippen LogP contribution is -2.32. The molecule has 78 valence electrons. The second-order valence-electron chi connectivity index (χ2n) is 3.36. The fourth-order valence-electron chi connectivity index (χ4n) is 1.17. The Morgan fingerprint density at radius 3 is 2.50 bits per heavy atom. The minimum atomic E-state index is 0.158. The van der Waals surface area contributed by atoms with Gasteiger partial charge in [0.15, 0.2) is 17.5 Å². The first-order chi connectivity index (χ1) is 6.54. The third-order valence-electron chi connectivity index (χ3n) is 1.64. The van der Waals surface area contributed by atoms with E-state index >= 15 is 0 Å². The van der Waals surface area contributed by atoms with Crippen molar-refractivity contribution in [1.82, 2.24) is 10.4 Å². The summed E-state index contributed by atoms with van der Waals surface area (Å²) in [5.41, 5.74) is 3.31. The molecule has 14 heavy (non-hydrogen) atoms. The third kappa shape index (κ3) is 2.32. The van der Waals surface area contributed by atoms with Crippen LogP contribution in [0.15, 0.2) is 9.41 Å². The van der Waals surface area contributed by atoms with Gasteiger partial charge in [-0.15, -0.1) is 0 Å². The Kier molecular flexibility index (Phi) is 3.24. The van der Waals surface area contributed by atoms with Gasteiger partial charge in [-0.3, -0.25) is 4.99 Å². The zero-order valence-electron chi connectivity index (χ0n) is 8.96. The molecule has 0 saturated carbocycles. The van der Waals surface area contributed by atoms with Crippen LogP contribution in [-0.2, 0) is 0 Å². The van der Waals surface area contributed by atoms with E-state index in [0.717, 1.165) is 5.69 Å². The minimum Gasteiger partial charge on any atom is -0.437 e. The molecule has 0 unspecified atom stereocenters.